The molecule has 0 aromatic heterocycles. The molecular weight excluding hydrogens is 302 g/mol. The van der Waals surface area contributed by atoms with E-state index in [9.17, 15) is 14.4 Å². The van der Waals surface area contributed by atoms with Gasteiger partial charge in [-0.15, -0.1) is 0 Å². The highest BCUT2D eigenvalue weighted by Crippen LogP contribution is 2.30. The molecule has 1 atom stereocenters. The summed E-state index contributed by atoms with van der Waals surface area (Å²) < 4.78 is 15.1. The van der Waals surface area contributed by atoms with Gasteiger partial charge < -0.3 is 19.1 Å². The van der Waals surface area contributed by atoms with Crippen LogP contribution < -0.4 is 9.47 Å². The Labute approximate surface area is 134 Å². The van der Waals surface area contributed by atoms with Crippen LogP contribution in [0, 0.1) is 5.92 Å². The zero-order valence-electron chi connectivity index (χ0n) is 13.3. The van der Waals surface area contributed by atoms with Gasteiger partial charge in [0.25, 0.3) is 5.91 Å². The highest BCUT2D eigenvalue weighted by molar-refractivity contribution is 6.04. The molecule has 1 aliphatic heterocycles. The number of likely N-dealkylation sites (tertiary alicyclic amines) is 1. The second kappa shape index (κ2) is 7.13. The molecule has 1 unspecified atom stereocenters. The molecule has 1 heterocycles. The number of hydrogen-bond acceptors (Lipinski definition) is 6. The molecule has 1 aliphatic rings. The van der Waals surface area contributed by atoms with E-state index in [1.54, 1.807) is 18.2 Å². The summed E-state index contributed by atoms with van der Waals surface area (Å²) in [6.07, 6.45) is 0.114. The zero-order valence-corrected chi connectivity index (χ0v) is 13.3. The van der Waals surface area contributed by atoms with E-state index in [2.05, 4.69) is 4.74 Å². The Bertz CT molecular complexity index is 597. The molecule has 1 aromatic carbocycles. The van der Waals surface area contributed by atoms with E-state index in [0.717, 1.165) is 0 Å². The van der Waals surface area contributed by atoms with Crippen LogP contribution in [0.2, 0.25) is 0 Å². The maximum atomic E-state index is 12.8. The molecule has 2 rings (SSSR count). The summed E-state index contributed by atoms with van der Waals surface area (Å²) in [5.74, 6) is -1.38. The smallest absolute Gasteiger partial charge is 0.318 e. The van der Waals surface area contributed by atoms with Gasteiger partial charge in [0.1, 0.15) is 23.0 Å². The van der Waals surface area contributed by atoms with Crippen molar-refractivity contribution in [2.45, 2.75) is 6.42 Å². The molecule has 124 valence electrons. The van der Waals surface area contributed by atoms with Gasteiger partial charge in [-0.3, -0.25) is 14.4 Å². The summed E-state index contributed by atoms with van der Waals surface area (Å²) in [7, 11) is 4.14. The van der Waals surface area contributed by atoms with E-state index >= 15 is 0 Å². The molecular formula is C16H19NO6. The summed E-state index contributed by atoms with van der Waals surface area (Å²) in [6, 6.07) is 5.02. The summed E-state index contributed by atoms with van der Waals surface area (Å²) in [4.78, 5) is 37.8. The van der Waals surface area contributed by atoms with Crippen LogP contribution in [0.1, 0.15) is 16.8 Å². The number of carbonyl (C=O) groups is 3. The Kier molecular flexibility index (Phi) is 5.20. The number of esters is 1. The highest BCUT2D eigenvalue weighted by atomic mass is 16.5. The van der Waals surface area contributed by atoms with E-state index < -0.39 is 11.9 Å². The van der Waals surface area contributed by atoms with Crippen molar-refractivity contribution in [2.75, 3.05) is 34.4 Å². The average molecular weight is 321 g/mol. The van der Waals surface area contributed by atoms with Crippen LogP contribution in [0.15, 0.2) is 18.2 Å². The highest BCUT2D eigenvalue weighted by Gasteiger charge is 2.37. The van der Waals surface area contributed by atoms with Crippen LogP contribution in [0.25, 0.3) is 0 Å². The second-order valence-corrected chi connectivity index (χ2v) is 5.08. The molecule has 0 aliphatic carbocycles. The van der Waals surface area contributed by atoms with Gasteiger partial charge in [-0.25, -0.2) is 0 Å². The van der Waals surface area contributed by atoms with Crippen molar-refractivity contribution in [3.63, 3.8) is 0 Å². The lowest BCUT2D eigenvalue weighted by atomic mass is 9.95. The number of rotatable bonds is 4. The van der Waals surface area contributed by atoms with E-state index in [1.807, 2.05) is 0 Å². The molecule has 1 amide bonds. The first-order valence-corrected chi connectivity index (χ1v) is 7.14. The van der Waals surface area contributed by atoms with E-state index in [4.69, 9.17) is 9.47 Å². The number of ketones is 1. The van der Waals surface area contributed by atoms with Crippen molar-refractivity contribution in [1.82, 2.24) is 4.90 Å². The van der Waals surface area contributed by atoms with Crippen molar-refractivity contribution >= 4 is 17.7 Å². The first-order valence-electron chi connectivity index (χ1n) is 7.14. The number of piperidine rings is 1. The van der Waals surface area contributed by atoms with Gasteiger partial charge in [0.15, 0.2) is 5.78 Å². The SMILES string of the molecule is COC(=O)C1CN(C(=O)c2c(OC)cccc2OC)CCC1=O. The number of nitrogens with zero attached hydrogens (tertiary/aromatic N) is 1. The quantitative estimate of drug-likeness (QED) is 0.605. The molecule has 0 bridgehead atoms. The Hall–Kier alpha value is -2.57. The molecule has 0 N–H and O–H groups in total. The molecule has 7 heteroatoms. The summed E-state index contributed by atoms with van der Waals surface area (Å²) in [5, 5.41) is 0. The molecule has 1 aromatic rings. The van der Waals surface area contributed by atoms with Crippen molar-refractivity contribution in [1.29, 1.82) is 0 Å². The number of ether oxygens (including phenoxy) is 3. The maximum Gasteiger partial charge on any atom is 0.318 e. The lowest BCUT2D eigenvalue weighted by Crippen LogP contribution is -2.47. The number of Topliss-reactive ketones (excluding diaryl/α,β-unsaturated/α-hetero) is 1. The zero-order chi connectivity index (χ0) is 17.0. The summed E-state index contributed by atoms with van der Waals surface area (Å²) in [5.41, 5.74) is 0.274. The van der Waals surface area contributed by atoms with Gasteiger partial charge in [-0.1, -0.05) is 6.07 Å². The van der Waals surface area contributed by atoms with Gasteiger partial charge in [0.05, 0.1) is 21.3 Å². The maximum absolute atomic E-state index is 12.8. The largest absolute Gasteiger partial charge is 0.496 e. The van der Waals surface area contributed by atoms with Gasteiger partial charge in [0.2, 0.25) is 0 Å². The van der Waals surface area contributed by atoms with Crippen LogP contribution in [0.5, 0.6) is 11.5 Å². The molecule has 0 spiro atoms. The predicted molar refractivity (Wildman–Crippen MR) is 80.6 cm³/mol. The van der Waals surface area contributed by atoms with Gasteiger partial charge >= 0.3 is 5.97 Å². The third kappa shape index (κ3) is 3.28. The molecule has 7 nitrogen and oxygen atoms in total. The standard InChI is InChI=1S/C16H19NO6/c1-21-12-5-4-6-13(22-2)14(12)15(19)17-8-7-11(18)10(9-17)16(20)23-3/h4-6,10H,7-9H2,1-3H3. The van der Waals surface area contributed by atoms with E-state index in [-0.39, 0.29) is 36.8 Å². The fraction of sp³-hybridized carbons (Fsp3) is 0.438. The monoisotopic (exact) mass is 321 g/mol. The molecule has 1 saturated heterocycles. The Morgan fingerprint density at radius 1 is 1.13 bits per heavy atom. The molecule has 0 saturated carbocycles. The second-order valence-electron chi connectivity index (χ2n) is 5.08. The van der Waals surface area contributed by atoms with Gasteiger partial charge in [-0.2, -0.15) is 0 Å². The van der Waals surface area contributed by atoms with Gasteiger partial charge in [0, 0.05) is 19.5 Å². The third-order valence-corrected chi connectivity index (χ3v) is 3.83. The number of amides is 1. The van der Waals surface area contributed by atoms with E-state index in [0.29, 0.717) is 11.5 Å². The van der Waals surface area contributed by atoms with Crippen molar-refractivity contribution in [2.24, 2.45) is 5.92 Å². The normalized spacial score (nSPS) is 17.6. The first-order chi connectivity index (χ1) is 11.0. The Balaban J connectivity index is 2.30. The minimum atomic E-state index is -0.946. The lowest BCUT2D eigenvalue weighted by molar-refractivity contribution is -0.151. The van der Waals surface area contributed by atoms with Crippen LogP contribution in [-0.4, -0.2) is 57.0 Å². The Morgan fingerprint density at radius 3 is 2.26 bits per heavy atom. The molecule has 23 heavy (non-hydrogen) atoms. The number of benzene rings is 1. The van der Waals surface area contributed by atoms with Crippen LogP contribution in [0.4, 0.5) is 0 Å². The number of carbonyl (C=O) groups excluding carboxylic acids is 3. The van der Waals surface area contributed by atoms with Gasteiger partial charge in [-0.05, 0) is 12.1 Å². The van der Waals surface area contributed by atoms with Crippen LogP contribution >= 0.6 is 0 Å². The number of hydrogen-bond donors (Lipinski definition) is 0. The lowest BCUT2D eigenvalue weighted by Gasteiger charge is -2.31. The summed E-state index contributed by atoms with van der Waals surface area (Å²) >= 11 is 0. The minimum Gasteiger partial charge on any atom is -0.496 e. The molecule has 1 fully saturated rings. The predicted octanol–water partition coefficient (Wildman–Crippen LogP) is 0.908. The van der Waals surface area contributed by atoms with E-state index in [1.165, 1.54) is 26.2 Å². The number of methoxy groups -OCH3 is 3. The fourth-order valence-corrected chi connectivity index (χ4v) is 2.59. The topological polar surface area (TPSA) is 82.1 Å². The van der Waals surface area contributed by atoms with Crippen LogP contribution in [-0.2, 0) is 14.3 Å². The average Bonchev–Trinajstić information content (AvgIpc) is 2.59. The van der Waals surface area contributed by atoms with Crippen molar-refractivity contribution in [3.8, 4) is 11.5 Å². The first kappa shape index (κ1) is 16.8. The van der Waals surface area contributed by atoms with Crippen molar-refractivity contribution < 1.29 is 28.6 Å². The Morgan fingerprint density at radius 2 is 1.74 bits per heavy atom. The summed E-state index contributed by atoms with van der Waals surface area (Å²) in [6.45, 7) is 0.234. The van der Waals surface area contributed by atoms with Crippen LogP contribution in [0.3, 0.4) is 0 Å². The third-order valence-electron chi connectivity index (χ3n) is 3.83. The fourth-order valence-electron chi connectivity index (χ4n) is 2.59. The molecule has 0 radical (unpaired) electrons. The van der Waals surface area contributed by atoms with Crippen molar-refractivity contribution in [3.05, 3.63) is 23.8 Å². The minimum absolute atomic E-state index is 0.00839.